The van der Waals surface area contributed by atoms with E-state index in [4.69, 9.17) is 11.6 Å². The molecule has 4 nitrogen and oxygen atoms in total. The van der Waals surface area contributed by atoms with E-state index in [1.54, 1.807) is 6.20 Å². The quantitative estimate of drug-likeness (QED) is 0.768. The number of halogens is 1. The number of H-pyrrole nitrogens is 1. The van der Waals surface area contributed by atoms with Gasteiger partial charge in [0.15, 0.2) is 0 Å². The molecule has 0 aliphatic heterocycles. The number of benzene rings is 1. The first kappa shape index (κ1) is 12.3. The van der Waals surface area contributed by atoms with Crippen LogP contribution in [-0.4, -0.2) is 14.5 Å². The normalized spacial score (nSPS) is 11.3. The zero-order valence-corrected chi connectivity index (χ0v) is 11.4. The van der Waals surface area contributed by atoms with Crippen LogP contribution in [0.15, 0.2) is 36.7 Å². The van der Waals surface area contributed by atoms with Crippen molar-refractivity contribution >= 4 is 22.5 Å². The van der Waals surface area contributed by atoms with Crippen LogP contribution in [0.5, 0.6) is 0 Å². The van der Waals surface area contributed by atoms with Crippen molar-refractivity contribution in [3.63, 3.8) is 0 Å². The second kappa shape index (κ2) is 5.07. The van der Waals surface area contributed by atoms with E-state index in [1.807, 2.05) is 42.1 Å². The molecule has 0 aliphatic carbocycles. The van der Waals surface area contributed by atoms with E-state index >= 15 is 0 Å². The number of rotatable bonds is 4. The largest absolute Gasteiger partial charge is 0.356 e. The Labute approximate surface area is 116 Å². The van der Waals surface area contributed by atoms with Gasteiger partial charge in [0, 0.05) is 42.6 Å². The number of aromatic nitrogens is 3. The van der Waals surface area contributed by atoms with Crippen LogP contribution < -0.4 is 5.32 Å². The summed E-state index contributed by atoms with van der Waals surface area (Å²) < 4.78 is 2.00. The van der Waals surface area contributed by atoms with Gasteiger partial charge in [-0.05, 0) is 6.07 Å². The minimum atomic E-state index is 0.695. The summed E-state index contributed by atoms with van der Waals surface area (Å²) in [5.41, 5.74) is 2.08. The van der Waals surface area contributed by atoms with E-state index in [-0.39, 0.29) is 0 Å². The van der Waals surface area contributed by atoms with Crippen LogP contribution in [0.25, 0.3) is 10.9 Å². The third-order valence-electron chi connectivity index (χ3n) is 3.22. The van der Waals surface area contributed by atoms with E-state index in [0.717, 1.165) is 34.0 Å². The Kier molecular flexibility index (Phi) is 3.27. The average molecular weight is 275 g/mol. The third-order valence-corrected chi connectivity index (χ3v) is 3.65. The van der Waals surface area contributed by atoms with Gasteiger partial charge in [-0.25, -0.2) is 4.98 Å². The number of hydrogen-bond donors (Lipinski definition) is 2. The number of fused-ring (bicyclic) bond motifs is 1. The Morgan fingerprint density at radius 3 is 2.89 bits per heavy atom. The molecule has 19 heavy (non-hydrogen) atoms. The fourth-order valence-electron chi connectivity index (χ4n) is 2.15. The molecular formula is C14H15ClN4. The van der Waals surface area contributed by atoms with Crippen LogP contribution in [0.1, 0.15) is 11.5 Å². The van der Waals surface area contributed by atoms with Gasteiger partial charge >= 0.3 is 0 Å². The third kappa shape index (κ3) is 2.37. The smallest absolute Gasteiger partial charge is 0.122 e. The highest BCUT2D eigenvalue weighted by molar-refractivity contribution is 6.36. The molecule has 0 fully saturated rings. The van der Waals surface area contributed by atoms with Crippen LogP contribution in [0.2, 0.25) is 5.02 Å². The Bertz CT molecular complexity index is 698. The highest BCUT2D eigenvalue weighted by Gasteiger charge is 2.08. The SMILES string of the molecule is Cn1ccnc1CNCc1[nH]c2ccccc2c1Cl. The first-order valence-corrected chi connectivity index (χ1v) is 6.55. The summed E-state index contributed by atoms with van der Waals surface area (Å²) in [6, 6.07) is 8.05. The maximum Gasteiger partial charge on any atom is 0.122 e. The molecule has 3 rings (SSSR count). The van der Waals surface area contributed by atoms with Crippen LogP contribution in [0, 0.1) is 0 Å². The van der Waals surface area contributed by atoms with E-state index < -0.39 is 0 Å². The molecule has 2 aromatic heterocycles. The molecule has 2 N–H and O–H groups in total. The molecule has 0 atom stereocenters. The summed E-state index contributed by atoms with van der Waals surface area (Å²) in [5, 5.41) is 5.21. The summed E-state index contributed by atoms with van der Waals surface area (Å²) in [5.74, 6) is 1.01. The van der Waals surface area contributed by atoms with Crippen LogP contribution in [-0.2, 0) is 20.1 Å². The molecule has 3 aromatic rings. The second-order valence-electron chi connectivity index (χ2n) is 4.52. The number of nitrogens with zero attached hydrogens (tertiary/aromatic N) is 2. The Morgan fingerprint density at radius 1 is 1.32 bits per heavy atom. The molecular weight excluding hydrogens is 260 g/mol. The molecule has 0 radical (unpaired) electrons. The second-order valence-corrected chi connectivity index (χ2v) is 4.90. The lowest BCUT2D eigenvalue weighted by atomic mass is 10.2. The first-order chi connectivity index (χ1) is 9.25. The maximum absolute atomic E-state index is 6.36. The highest BCUT2D eigenvalue weighted by atomic mass is 35.5. The van der Waals surface area contributed by atoms with Gasteiger partial charge in [-0.1, -0.05) is 29.8 Å². The molecule has 0 aliphatic rings. The molecule has 1 aromatic carbocycles. The zero-order chi connectivity index (χ0) is 13.2. The van der Waals surface area contributed by atoms with Crippen LogP contribution in [0.4, 0.5) is 0 Å². The van der Waals surface area contributed by atoms with Gasteiger partial charge in [-0.2, -0.15) is 0 Å². The van der Waals surface area contributed by atoms with Gasteiger partial charge in [0.1, 0.15) is 5.82 Å². The number of aromatic amines is 1. The molecule has 98 valence electrons. The molecule has 0 bridgehead atoms. The van der Waals surface area contributed by atoms with Crippen molar-refractivity contribution < 1.29 is 0 Å². The Balaban J connectivity index is 1.72. The molecule has 0 amide bonds. The maximum atomic E-state index is 6.36. The summed E-state index contributed by atoms with van der Waals surface area (Å²) in [4.78, 5) is 7.61. The van der Waals surface area contributed by atoms with Crippen molar-refractivity contribution in [3.8, 4) is 0 Å². The number of para-hydroxylation sites is 1. The van der Waals surface area contributed by atoms with Crippen molar-refractivity contribution in [1.82, 2.24) is 19.9 Å². The lowest BCUT2D eigenvalue weighted by Gasteiger charge is -2.04. The fraction of sp³-hybridized carbons (Fsp3) is 0.214. The minimum Gasteiger partial charge on any atom is -0.356 e. The van der Waals surface area contributed by atoms with Gasteiger partial charge in [0.25, 0.3) is 0 Å². The van der Waals surface area contributed by atoms with E-state index in [1.165, 1.54) is 0 Å². The van der Waals surface area contributed by atoms with Crippen LogP contribution >= 0.6 is 11.6 Å². The average Bonchev–Trinajstić information content (AvgIpc) is 2.96. The van der Waals surface area contributed by atoms with Crippen LogP contribution in [0.3, 0.4) is 0 Å². The van der Waals surface area contributed by atoms with Gasteiger partial charge in [-0.15, -0.1) is 0 Å². The van der Waals surface area contributed by atoms with E-state index in [9.17, 15) is 0 Å². The number of aryl methyl sites for hydroxylation is 1. The first-order valence-electron chi connectivity index (χ1n) is 6.17. The molecule has 5 heteroatoms. The molecule has 2 heterocycles. The summed E-state index contributed by atoms with van der Waals surface area (Å²) >= 11 is 6.36. The lowest BCUT2D eigenvalue weighted by molar-refractivity contribution is 0.633. The van der Waals surface area contributed by atoms with Gasteiger partial charge < -0.3 is 14.9 Å². The zero-order valence-electron chi connectivity index (χ0n) is 10.7. The molecule has 0 saturated carbocycles. The van der Waals surface area contributed by atoms with E-state index in [0.29, 0.717) is 6.54 Å². The molecule has 0 saturated heterocycles. The van der Waals surface area contributed by atoms with Crippen molar-refractivity contribution in [2.24, 2.45) is 7.05 Å². The fourth-order valence-corrected chi connectivity index (χ4v) is 2.43. The standard InChI is InChI=1S/C14H15ClN4/c1-19-7-6-17-13(19)9-16-8-12-14(15)10-4-2-3-5-11(10)18-12/h2-7,16,18H,8-9H2,1H3. The lowest BCUT2D eigenvalue weighted by Crippen LogP contribution is -2.16. The summed E-state index contributed by atoms with van der Waals surface area (Å²) in [6.07, 6.45) is 3.74. The number of nitrogens with one attached hydrogen (secondary N) is 2. The summed E-state index contributed by atoms with van der Waals surface area (Å²) in [6.45, 7) is 1.41. The predicted molar refractivity (Wildman–Crippen MR) is 77.1 cm³/mol. The Morgan fingerprint density at radius 2 is 2.16 bits per heavy atom. The summed E-state index contributed by atoms with van der Waals surface area (Å²) in [7, 11) is 1.99. The highest BCUT2D eigenvalue weighted by Crippen LogP contribution is 2.26. The predicted octanol–water partition coefficient (Wildman–Crippen LogP) is 2.84. The van der Waals surface area contributed by atoms with Crippen molar-refractivity contribution in [1.29, 1.82) is 0 Å². The number of imidazole rings is 1. The molecule has 0 unspecified atom stereocenters. The minimum absolute atomic E-state index is 0.695. The molecule has 0 spiro atoms. The van der Waals surface area contributed by atoms with Gasteiger partial charge in [-0.3, -0.25) is 0 Å². The van der Waals surface area contributed by atoms with Gasteiger partial charge in [0.05, 0.1) is 11.6 Å². The van der Waals surface area contributed by atoms with Crippen molar-refractivity contribution in [3.05, 3.63) is 53.2 Å². The van der Waals surface area contributed by atoms with E-state index in [2.05, 4.69) is 15.3 Å². The monoisotopic (exact) mass is 274 g/mol. The van der Waals surface area contributed by atoms with Gasteiger partial charge in [0.2, 0.25) is 0 Å². The number of hydrogen-bond acceptors (Lipinski definition) is 2. The topological polar surface area (TPSA) is 45.6 Å². The van der Waals surface area contributed by atoms with Crippen molar-refractivity contribution in [2.45, 2.75) is 13.1 Å². The Hall–Kier alpha value is -1.78. The van der Waals surface area contributed by atoms with Crippen molar-refractivity contribution in [2.75, 3.05) is 0 Å².